The largest absolute Gasteiger partial charge is 0.493 e. The molecule has 0 aromatic heterocycles. The number of amides is 1. The van der Waals surface area contributed by atoms with E-state index in [1.54, 1.807) is 48.5 Å². The summed E-state index contributed by atoms with van der Waals surface area (Å²) in [6.07, 6.45) is 0. The van der Waals surface area contributed by atoms with Crippen LogP contribution in [-0.2, 0) is 14.8 Å². The predicted molar refractivity (Wildman–Crippen MR) is 135 cm³/mol. The van der Waals surface area contributed by atoms with Crippen LogP contribution in [0.4, 0.5) is 5.69 Å². The lowest BCUT2D eigenvalue weighted by Crippen LogP contribution is -2.42. The van der Waals surface area contributed by atoms with Gasteiger partial charge in [-0.1, -0.05) is 29.3 Å². The van der Waals surface area contributed by atoms with Gasteiger partial charge in [-0.2, -0.15) is 0 Å². The summed E-state index contributed by atoms with van der Waals surface area (Å²) in [5, 5.41) is 3.29. The summed E-state index contributed by atoms with van der Waals surface area (Å²) >= 11 is 5.86. The van der Waals surface area contributed by atoms with Crippen LogP contribution in [0.3, 0.4) is 0 Å². The summed E-state index contributed by atoms with van der Waals surface area (Å²) in [5.74, 6) is 0.895. The first-order chi connectivity index (χ1) is 16.7. The zero-order valence-electron chi connectivity index (χ0n) is 19.7. The first-order valence-corrected chi connectivity index (χ1v) is 12.5. The van der Waals surface area contributed by atoms with Gasteiger partial charge in [-0.15, -0.1) is 0 Å². The van der Waals surface area contributed by atoms with Crippen LogP contribution in [0, 0.1) is 6.92 Å². The molecule has 3 aromatic rings. The lowest BCUT2D eigenvalue weighted by molar-refractivity contribution is -0.119. The molecule has 0 fully saturated rings. The van der Waals surface area contributed by atoms with Crippen molar-refractivity contribution in [2.75, 3.05) is 38.2 Å². The highest BCUT2D eigenvalue weighted by Gasteiger charge is 2.28. The number of ether oxygens (including phenoxy) is 3. The van der Waals surface area contributed by atoms with Crippen molar-refractivity contribution < 1.29 is 27.4 Å². The molecule has 0 aliphatic rings. The molecule has 0 heterocycles. The van der Waals surface area contributed by atoms with Gasteiger partial charge in [0, 0.05) is 11.1 Å². The Kier molecular flexibility index (Phi) is 8.84. The summed E-state index contributed by atoms with van der Waals surface area (Å²) in [4.78, 5) is 12.8. The number of rotatable bonds is 11. The first-order valence-electron chi connectivity index (χ1n) is 10.7. The molecular formula is C25H27ClN2O6S. The van der Waals surface area contributed by atoms with E-state index in [1.165, 1.54) is 32.4 Å². The van der Waals surface area contributed by atoms with E-state index in [0.717, 1.165) is 9.87 Å². The number of nitrogens with one attached hydrogen (secondary N) is 1. The smallest absolute Gasteiger partial charge is 0.264 e. The Hall–Kier alpha value is -3.43. The van der Waals surface area contributed by atoms with E-state index in [2.05, 4.69) is 5.32 Å². The van der Waals surface area contributed by atoms with Crippen molar-refractivity contribution in [3.05, 3.63) is 77.3 Å². The highest BCUT2D eigenvalue weighted by atomic mass is 35.5. The molecule has 0 aliphatic heterocycles. The minimum absolute atomic E-state index is 0.0664. The van der Waals surface area contributed by atoms with Gasteiger partial charge in [0.1, 0.15) is 18.9 Å². The van der Waals surface area contributed by atoms with E-state index in [1.807, 2.05) is 6.92 Å². The van der Waals surface area contributed by atoms with Crippen molar-refractivity contribution in [2.45, 2.75) is 11.8 Å². The Morgan fingerprint density at radius 2 is 1.60 bits per heavy atom. The van der Waals surface area contributed by atoms with Crippen LogP contribution in [0.1, 0.15) is 5.56 Å². The summed E-state index contributed by atoms with van der Waals surface area (Å²) < 4.78 is 44.2. The molecular weight excluding hydrogens is 492 g/mol. The Morgan fingerprint density at radius 3 is 2.23 bits per heavy atom. The number of carbonyl (C=O) groups excluding carboxylic acids is 1. The fourth-order valence-electron chi connectivity index (χ4n) is 3.21. The van der Waals surface area contributed by atoms with Gasteiger partial charge in [0.2, 0.25) is 5.91 Å². The van der Waals surface area contributed by atoms with Crippen molar-refractivity contribution in [1.82, 2.24) is 5.32 Å². The van der Waals surface area contributed by atoms with Gasteiger partial charge in [0.25, 0.3) is 10.0 Å². The Bertz CT molecular complexity index is 1250. The molecule has 186 valence electrons. The molecule has 0 radical (unpaired) electrons. The molecule has 3 rings (SSSR count). The second-order valence-electron chi connectivity index (χ2n) is 7.52. The van der Waals surface area contributed by atoms with E-state index in [0.29, 0.717) is 22.3 Å². The normalized spacial score (nSPS) is 11.0. The van der Waals surface area contributed by atoms with Gasteiger partial charge < -0.3 is 19.5 Å². The van der Waals surface area contributed by atoms with Gasteiger partial charge in [-0.25, -0.2) is 8.42 Å². The Morgan fingerprint density at radius 1 is 0.943 bits per heavy atom. The van der Waals surface area contributed by atoms with Gasteiger partial charge >= 0.3 is 0 Å². The fraction of sp³-hybridized carbons (Fsp3) is 0.240. The molecule has 0 aliphatic carbocycles. The summed E-state index contributed by atoms with van der Waals surface area (Å²) in [5.41, 5.74) is 1.18. The lowest BCUT2D eigenvalue weighted by atomic mass is 10.2. The van der Waals surface area contributed by atoms with Gasteiger partial charge in [-0.3, -0.25) is 9.10 Å². The zero-order valence-corrected chi connectivity index (χ0v) is 21.2. The second kappa shape index (κ2) is 11.8. The number of nitrogens with zero attached hydrogens (tertiary/aromatic N) is 1. The maximum atomic E-state index is 13.5. The molecule has 0 atom stereocenters. The van der Waals surface area contributed by atoms with Gasteiger partial charge in [0.15, 0.2) is 11.5 Å². The van der Waals surface area contributed by atoms with Crippen molar-refractivity contribution >= 4 is 33.2 Å². The highest BCUT2D eigenvalue weighted by Crippen LogP contribution is 2.33. The average Bonchev–Trinajstić information content (AvgIpc) is 2.86. The molecule has 0 bridgehead atoms. The van der Waals surface area contributed by atoms with E-state index in [-0.39, 0.29) is 23.7 Å². The van der Waals surface area contributed by atoms with Crippen LogP contribution in [-0.4, -0.2) is 48.2 Å². The number of sulfonamides is 1. The van der Waals surface area contributed by atoms with Crippen LogP contribution in [0.15, 0.2) is 71.6 Å². The molecule has 0 unspecified atom stereocenters. The van der Waals surface area contributed by atoms with Crippen LogP contribution in [0.5, 0.6) is 17.2 Å². The number of anilines is 1. The molecule has 0 spiro atoms. The highest BCUT2D eigenvalue weighted by molar-refractivity contribution is 7.92. The summed E-state index contributed by atoms with van der Waals surface area (Å²) in [6.45, 7) is 1.81. The lowest BCUT2D eigenvalue weighted by Gasteiger charge is -2.25. The molecule has 8 nitrogen and oxygen atoms in total. The molecule has 3 aromatic carbocycles. The second-order valence-corrected chi connectivity index (χ2v) is 9.82. The number of benzene rings is 3. The topological polar surface area (TPSA) is 94.2 Å². The average molecular weight is 519 g/mol. The van der Waals surface area contributed by atoms with Crippen LogP contribution in [0.2, 0.25) is 5.02 Å². The maximum absolute atomic E-state index is 13.5. The Labute approximate surface area is 210 Å². The third kappa shape index (κ3) is 6.80. The minimum Gasteiger partial charge on any atom is -0.493 e. The molecule has 1 amide bonds. The molecule has 0 saturated heterocycles. The third-order valence-electron chi connectivity index (χ3n) is 5.06. The standard InChI is InChI=1S/C25H27ClN2O6S/c1-18-4-11-22(12-5-18)35(30,31)28(20-8-13-23(32-2)24(16-20)33-3)17-25(29)27-14-15-34-21-9-6-19(26)7-10-21/h4-13,16H,14-15,17H2,1-3H3,(H,27,29). The summed E-state index contributed by atoms with van der Waals surface area (Å²) in [6, 6.07) is 17.9. The first kappa shape index (κ1) is 26.2. The monoisotopic (exact) mass is 518 g/mol. The number of hydrogen-bond donors (Lipinski definition) is 1. The van der Waals surface area contributed by atoms with Crippen molar-refractivity contribution in [3.8, 4) is 17.2 Å². The number of aryl methyl sites for hydroxylation is 1. The number of hydrogen-bond acceptors (Lipinski definition) is 6. The van der Waals surface area contributed by atoms with E-state index in [9.17, 15) is 13.2 Å². The van der Waals surface area contributed by atoms with Crippen molar-refractivity contribution in [1.29, 1.82) is 0 Å². The number of methoxy groups -OCH3 is 2. The van der Waals surface area contributed by atoms with Crippen molar-refractivity contribution in [2.24, 2.45) is 0 Å². The SMILES string of the molecule is COc1ccc(N(CC(=O)NCCOc2ccc(Cl)cc2)S(=O)(=O)c2ccc(C)cc2)cc1OC. The zero-order chi connectivity index (χ0) is 25.4. The minimum atomic E-state index is -4.06. The van der Waals surface area contributed by atoms with E-state index < -0.39 is 22.5 Å². The van der Waals surface area contributed by atoms with Crippen molar-refractivity contribution in [3.63, 3.8) is 0 Å². The van der Waals surface area contributed by atoms with Crippen LogP contribution >= 0.6 is 11.6 Å². The third-order valence-corrected chi connectivity index (χ3v) is 7.10. The van der Waals surface area contributed by atoms with Crippen LogP contribution < -0.4 is 23.8 Å². The predicted octanol–water partition coefficient (Wildman–Crippen LogP) is 4.06. The van der Waals surface area contributed by atoms with E-state index in [4.69, 9.17) is 25.8 Å². The van der Waals surface area contributed by atoms with Gasteiger partial charge in [-0.05, 0) is 55.5 Å². The fourth-order valence-corrected chi connectivity index (χ4v) is 4.75. The quantitative estimate of drug-likeness (QED) is 0.385. The van der Waals surface area contributed by atoms with E-state index >= 15 is 0 Å². The Balaban J connectivity index is 1.78. The van der Waals surface area contributed by atoms with Crippen LogP contribution in [0.25, 0.3) is 0 Å². The molecule has 1 N–H and O–H groups in total. The van der Waals surface area contributed by atoms with Gasteiger partial charge in [0.05, 0.1) is 31.3 Å². The molecule has 35 heavy (non-hydrogen) atoms. The number of carbonyl (C=O) groups is 1. The maximum Gasteiger partial charge on any atom is 0.264 e. The summed E-state index contributed by atoms with van der Waals surface area (Å²) in [7, 11) is -1.12. The molecule has 10 heteroatoms. The molecule has 0 saturated carbocycles. The number of halogens is 1.